The predicted molar refractivity (Wildman–Crippen MR) is 110 cm³/mol. The van der Waals surface area contributed by atoms with Crippen LogP contribution in [0.4, 0.5) is 0 Å². The summed E-state index contributed by atoms with van der Waals surface area (Å²) in [4.78, 5) is 27.6. The van der Waals surface area contributed by atoms with Gasteiger partial charge in [-0.25, -0.2) is 0 Å². The van der Waals surface area contributed by atoms with Gasteiger partial charge in [-0.2, -0.15) is 0 Å². The summed E-state index contributed by atoms with van der Waals surface area (Å²) in [6.07, 6.45) is 1.22. The van der Waals surface area contributed by atoms with Gasteiger partial charge in [0.15, 0.2) is 0 Å². The zero-order chi connectivity index (χ0) is 19.7. The van der Waals surface area contributed by atoms with Gasteiger partial charge in [0, 0.05) is 17.5 Å². The molecule has 1 aliphatic rings. The van der Waals surface area contributed by atoms with Crippen molar-refractivity contribution in [1.29, 1.82) is 0 Å². The number of hydrogen-bond acceptors (Lipinski definition) is 5. The number of amides is 1. The van der Waals surface area contributed by atoms with Crippen molar-refractivity contribution in [1.82, 2.24) is 4.90 Å². The van der Waals surface area contributed by atoms with Gasteiger partial charge in [-0.3, -0.25) is 9.59 Å². The zero-order valence-corrected chi connectivity index (χ0v) is 16.4. The van der Waals surface area contributed by atoms with Crippen LogP contribution in [0.25, 0.3) is 10.8 Å². The van der Waals surface area contributed by atoms with Crippen LogP contribution in [0.2, 0.25) is 0 Å². The van der Waals surface area contributed by atoms with E-state index in [9.17, 15) is 14.7 Å². The summed E-state index contributed by atoms with van der Waals surface area (Å²) in [7, 11) is 1.57. The van der Waals surface area contributed by atoms with Gasteiger partial charge in [0.1, 0.15) is 11.4 Å². The lowest BCUT2D eigenvalue weighted by Gasteiger charge is -2.40. The molecular formula is C22H21NO4S. The number of fused-ring (bicyclic) bond motifs is 1. The van der Waals surface area contributed by atoms with Crippen molar-refractivity contribution < 1.29 is 14.6 Å². The van der Waals surface area contributed by atoms with Crippen molar-refractivity contribution in [2.24, 2.45) is 0 Å². The number of ether oxygens (including phenoxy) is 1. The number of piperidine rings is 1. The van der Waals surface area contributed by atoms with Crippen LogP contribution in [-0.2, 0) is 5.60 Å². The molecule has 28 heavy (non-hydrogen) atoms. The van der Waals surface area contributed by atoms with E-state index in [4.69, 9.17) is 4.74 Å². The van der Waals surface area contributed by atoms with Crippen LogP contribution in [0.15, 0.2) is 59.4 Å². The van der Waals surface area contributed by atoms with E-state index in [0.29, 0.717) is 41.0 Å². The maximum Gasteiger partial charge on any atom is 0.264 e. The fourth-order valence-corrected chi connectivity index (χ4v) is 4.75. The number of β-amino-alcohol motifs (C(OH)–C–C–N with tert-alkyl or cyclic N) is 1. The number of aliphatic hydroxyl groups is 1. The van der Waals surface area contributed by atoms with Crippen molar-refractivity contribution in [3.8, 4) is 5.75 Å². The second kappa shape index (κ2) is 7.37. The zero-order valence-electron chi connectivity index (χ0n) is 15.6. The second-order valence-electron chi connectivity index (χ2n) is 7.05. The first kappa shape index (κ1) is 18.7. The molecule has 0 spiro atoms. The highest BCUT2D eigenvalue weighted by Gasteiger charge is 2.39. The summed E-state index contributed by atoms with van der Waals surface area (Å²) in [5, 5.41) is 12.7. The van der Waals surface area contributed by atoms with Gasteiger partial charge in [0.05, 0.1) is 18.5 Å². The SMILES string of the molecule is COc1ccccc1[C@@]1(O)CCCN(C(=O)c2cc3ccccc3c(=O)s2)C1. The van der Waals surface area contributed by atoms with Crippen LogP contribution in [0.3, 0.4) is 0 Å². The van der Waals surface area contributed by atoms with Gasteiger partial charge in [-0.15, -0.1) is 0 Å². The molecule has 1 fully saturated rings. The largest absolute Gasteiger partial charge is 0.496 e. The molecular weight excluding hydrogens is 374 g/mol. The molecule has 0 saturated carbocycles. The van der Waals surface area contributed by atoms with Crippen LogP contribution in [-0.4, -0.2) is 36.1 Å². The minimum atomic E-state index is -1.18. The molecule has 2 aromatic carbocycles. The standard InChI is InChI=1S/C22H21NO4S/c1-27-18-10-5-4-9-17(18)22(26)11-6-12-23(14-22)20(24)19-13-15-7-2-3-8-16(15)21(25)28-19/h2-5,7-10,13,26H,6,11-12,14H2,1H3/t22-/m1/s1. The molecule has 144 valence electrons. The lowest BCUT2D eigenvalue weighted by atomic mass is 9.85. The Morgan fingerprint density at radius 1 is 1.18 bits per heavy atom. The van der Waals surface area contributed by atoms with Crippen molar-refractivity contribution in [2.45, 2.75) is 18.4 Å². The van der Waals surface area contributed by atoms with Gasteiger partial charge < -0.3 is 14.7 Å². The van der Waals surface area contributed by atoms with Crippen molar-refractivity contribution in [3.63, 3.8) is 0 Å². The first-order valence-electron chi connectivity index (χ1n) is 9.20. The van der Waals surface area contributed by atoms with Crippen molar-refractivity contribution >= 4 is 28.0 Å². The van der Waals surface area contributed by atoms with E-state index in [1.165, 1.54) is 0 Å². The molecule has 1 aromatic heterocycles. The summed E-state index contributed by atoms with van der Waals surface area (Å²) in [5.74, 6) is 0.385. The lowest BCUT2D eigenvalue weighted by Crippen LogP contribution is -2.48. The van der Waals surface area contributed by atoms with Gasteiger partial charge in [-0.1, -0.05) is 47.7 Å². The third-order valence-corrected chi connectivity index (χ3v) is 6.16. The smallest absolute Gasteiger partial charge is 0.264 e. The molecule has 4 rings (SSSR count). The molecule has 0 unspecified atom stereocenters. The van der Waals surface area contributed by atoms with E-state index < -0.39 is 5.60 Å². The number of hydrogen-bond donors (Lipinski definition) is 1. The number of rotatable bonds is 3. The fraction of sp³-hybridized carbons (Fsp3) is 0.273. The van der Waals surface area contributed by atoms with E-state index in [-0.39, 0.29) is 17.2 Å². The number of benzene rings is 2. The second-order valence-corrected chi connectivity index (χ2v) is 8.06. The van der Waals surface area contributed by atoms with E-state index in [2.05, 4.69) is 0 Å². The normalized spacial score (nSPS) is 19.6. The van der Waals surface area contributed by atoms with Crippen molar-refractivity contribution in [2.75, 3.05) is 20.2 Å². The Morgan fingerprint density at radius 2 is 1.93 bits per heavy atom. The Bertz CT molecular complexity index is 1090. The topological polar surface area (TPSA) is 66.8 Å². The van der Waals surface area contributed by atoms with Crippen LogP contribution < -0.4 is 9.48 Å². The molecule has 1 saturated heterocycles. The van der Waals surface area contributed by atoms with E-state index in [1.54, 1.807) is 24.1 Å². The summed E-state index contributed by atoms with van der Waals surface area (Å²) in [6.45, 7) is 0.712. The lowest BCUT2D eigenvalue weighted by molar-refractivity contribution is -0.0301. The first-order valence-corrected chi connectivity index (χ1v) is 10.0. The Labute approximate surface area is 166 Å². The minimum absolute atomic E-state index is 0.126. The Hall–Kier alpha value is -2.70. The van der Waals surface area contributed by atoms with Gasteiger partial charge in [0.2, 0.25) is 4.74 Å². The van der Waals surface area contributed by atoms with Crippen LogP contribution in [0.1, 0.15) is 28.1 Å². The van der Waals surface area contributed by atoms with E-state index in [0.717, 1.165) is 16.7 Å². The van der Waals surface area contributed by atoms with Gasteiger partial charge in [-0.05, 0) is 36.4 Å². The quantitative estimate of drug-likeness (QED) is 0.738. The van der Waals surface area contributed by atoms with Crippen LogP contribution >= 0.6 is 11.3 Å². The molecule has 6 heteroatoms. The highest BCUT2D eigenvalue weighted by Crippen LogP contribution is 2.37. The molecule has 1 N–H and O–H groups in total. The van der Waals surface area contributed by atoms with E-state index in [1.807, 2.05) is 42.5 Å². The molecule has 3 aromatic rings. The molecule has 1 atom stereocenters. The Balaban J connectivity index is 1.66. The molecule has 2 heterocycles. The van der Waals surface area contributed by atoms with Gasteiger partial charge in [0.25, 0.3) is 5.91 Å². The average Bonchev–Trinajstić information content (AvgIpc) is 2.73. The van der Waals surface area contributed by atoms with E-state index >= 15 is 0 Å². The summed E-state index contributed by atoms with van der Waals surface area (Å²) in [5.41, 5.74) is -0.496. The predicted octanol–water partition coefficient (Wildman–Crippen LogP) is 3.39. The van der Waals surface area contributed by atoms with Crippen LogP contribution in [0, 0.1) is 0 Å². The average molecular weight is 395 g/mol. The Morgan fingerprint density at radius 3 is 2.75 bits per heavy atom. The number of methoxy groups -OCH3 is 1. The summed E-state index contributed by atoms with van der Waals surface area (Å²) < 4.78 is 5.28. The third kappa shape index (κ3) is 3.30. The highest BCUT2D eigenvalue weighted by molar-refractivity contribution is 7.12. The Kier molecular flexibility index (Phi) is 4.91. The number of nitrogens with zero attached hydrogens (tertiary/aromatic N) is 1. The fourth-order valence-electron chi connectivity index (χ4n) is 3.85. The number of carbonyl (C=O) groups excluding carboxylic acids is 1. The monoisotopic (exact) mass is 395 g/mol. The summed E-state index contributed by atoms with van der Waals surface area (Å²) >= 11 is 0.959. The highest BCUT2D eigenvalue weighted by atomic mass is 32.1. The number of para-hydroxylation sites is 1. The number of likely N-dealkylation sites (tertiary alicyclic amines) is 1. The number of carbonyl (C=O) groups is 1. The van der Waals surface area contributed by atoms with Gasteiger partial charge >= 0.3 is 0 Å². The first-order chi connectivity index (χ1) is 13.5. The molecule has 5 nitrogen and oxygen atoms in total. The molecule has 0 radical (unpaired) electrons. The molecule has 0 aliphatic carbocycles. The maximum absolute atomic E-state index is 13.1. The summed E-state index contributed by atoms with van der Waals surface area (Å²) in [6, 6.07) is 16.4. The third-order valence-electron chi connectivity index (χ3n) is 5.25. The van der Waals surface area contributed by atoms with Crippen LogP contribution in [0.5, 0.6) is 5.75 Å². The molecule has 1 aliphatic heterocycles. The van der Waals surface area contributed by atoms with Crippen molar-refractivity contribution in [3.05, 3.63) is 74.6 Å². The molecule has 1 amide bonds. The maximum atomic E-state index is 13.1. The molecule has 0 bridgehead atoms. The minimum Gasteiger partial charge on any atom is -0.496 e.